The standard InChI is InChI=1S/C28H37N5O5/c1-17-28(36)32(2)23-10-11-25(31-26(23)33(17)20-12-14-38-15-13-20)30-22-9-4-18(16-24(22)37-3)27(35)29-19-5-7-21(34)8-6-19/h4,9-11,16-17,19-21,34H,5-8,12-15H2,1-3H3,(H,29,35)(H,30,31)/t17-,19?,21?/m1/s1. The molecule has 38 heavy (non-hydrogen) atoms. The van der Waals surface area contributed by atoms with Crippen LogP contribution in [-0.4, -0.2) is 73.5 Å². The van der Waals surface area contributed by atoms with E-state index in [1.165, 1.54) is 0 Å². The zero-order chi connectivity index (χ0) is 26.8. The number of carbonyl (C=O) groups excluding carboxylic acids is 2. The summed E-state index contributed by atoms with van der Waals surface area (Å²) in [5.41, 5.74) is 1.97. The highest BCUT2D eigenvalue weighted by Crippen LogP contribution is 2.39. The number of nitrogens with one attached hydrogen (secondary N) is 2. The minimum atomic E-state index is -0.321. The molecule has 0 unspecified atom stereocenters. The molecule has 204 valence electrons. The third-order valence-corrected chi connectivity index (χ3v) is 7.91. The Morgan fingerprint density at radius 1 is 1.11 bits per heavy atom. The van der Waals surface area contributed by atoms with Crippen LogP contribution in [0.4, 0.5) is 23.0 Å². The van der Waals surface area contributed by atoms with E-state index in [1.54, 1.807) is 31.2 Å². The zero-order valence-electron chi connectivity index (χ0n) is 22.3. The van der Waals surface area contributed by atoms with Crippen molar-refractivity contribution in [3.8, 4) is 5.75 Å². The summed E-state index contributed by atoms with van der Waals surface area (Å²) in [5.74, 6) is 1.80. The highest BCUT2D eigenvalue weighted by atomic mass is 16.5. The van der Waals surface area contributed by atoms with Gasteiger partial charge in [0.05, 0.1) is 24.6 Å². The van der Waals surface area contributed by atoms with Crippen molar-refractivity contribution in [3.63, 3.8) is 0 Å². The number of rotatable bonds is 6. The van der Waals surface area contributed by atoms with Crippen LogP contribution in [0.3, 0.4) is 0 Å². The van der Waals surface area contributed by atoms with E-state index in [2.05, 4.69) is 15.5 Å². The van der Waals surface area contributed by atoms with E-state index in [0.717, 1.165) is 37.2 Å². The Kier molecular flexibility index (Phi) is 7.71. The molecule has 1 saturated carbocycles. The summed E-state index contributed by atoms with van der Waals surface area (Å²) in [5, 5.41) is 16.1. The van der Waals surface area contributed by atoms with Crippen molar-refractivity contribution >= 4 is 34.8 Å². The monoisotopic (exact) mass is 523 g/mol. The highest BCUT2D eigenvalue weighted by Gasteiger charge is 2.39. The predicted octanol–water partition coefficient (Wildman–Crippen LogP) is 3.22. The Balaban J connectivity index is 1.36. The van der Waals surface area contributed by atoms with Gasteiger partial charge in [-0.1, -0.05) is 0 Å². The van der Waals surface area contributed by atoms with Crippen LogP contribution in [0.15, 0.2) is 30.3 Å². The Hall–Kier alpha value is -3.37. The molecule has 1 aliphatic carbocycles. The van der Waals surface area contributed by atoms with E-state index in [0.29, 0.717) is 48.9 Å². The van der Waals surface area contributed by atoms with Crippen molar-refractivity contribution < 1.29 is 24.2 Å². The smallest absolute Gasteiger partial charge is 0.251 e. The number of ether oxygens (including phenoxy) is 2. The number of pyridine rings is 1. The van der Waals surface area contributed by atoms with Crippen molar-refractivity contribution in [1.29, 1.82) is 0 Å². The second-order valence-electron chi connectivity index (χ2n) is 10.4. The second-order valence-corrected chi connectivity index (χ2v) is 10.4. The maximum absolute atomic E-state index is 13.0. The first-order chi connectivity index (χ1) is 18.4. The number of carbonyl (C=O) groups is 2. The van der Waals surface area contributed by atoms with Crippen LogP contribution in [-0.2, 0) is 9.53 Å². The molecule has 2 amide bonds. The number of likely N-dealkylation sites (N-methyl/N-ethyl adjacent to an activating group) is 1. The number of anilines is 4. The topological polar surface area (TPSA) is 116 Å². The Morgan fingerprint density at radius 3 is 2.55 bits per heavy atom. The molecule has 3 aliphatic rings. The number of methoxy groups -OCH3 is 1. The molecule has 10 heteroatoms. The van der Waals surface area contributed by atoms with E-state index in [4.69, 9.17) is 14.5 Å². The normalized spacial score (nSPS) is 24.1. The second kappa shape index (κ2) is 11.2. The van der Waals surface area contributed by atoms with Crippen LogP contribution in [0.2, 0.25) is 0 Å². The first kappa shape index (κ1) is 26.2. The van der Waals surface area contributed by atoms with Crippen LogP contribution >= 0.6 is 0 Å². The van der Waals surface area contributed by atoms with Gasteiger partial charge in [0.15, 0.2) is 5.82 Å². The van der Waals surface area contributed by atoms with E-state index in [-0.39, 0.29) is 36.0 Å². The quantitative estimate of drug-likeness (QED) is 0.529. The van der Waals surface area contributed by atoms with Gasteiger partial charge in [0.25, 0.3) is 5.91 Å². The summed E-state index contributed by atoms with van der Waals surface area (Å²) in [6.07, 6.45) is 4.39. The first-order valence-corrected chi connectivity index (χ1v) is 13.4. The number of aromatic nitrogens is 1. The number of aliphatic hydroxyl groups excluding tert-OH is 1. The summed E-state index contributed by atoms with van der Waals surface area (Å²) in [6.45, 7) is 3.28. The first-order valence-electron chi connectivity index (χ1n) is 13.4. The lowest BCUT2D eigenvalue weighted by Gasteiger charge is -2.44. The molecule has 2 fully saturated rings. The summed E-state index contributed by atoms with van der Waals surface area (Å²) >= 11 is 0. The summed E-state index contributed by atoms with van der Waals surface area (Å²) < 4.78 is 11.2. The average Bonchev–Trinajstić information content (AvgIpc) is 2.94. The van der Waals surface area contributed by atoms with Gasteiger partial charge in [-0.05, 0) is 75.8 Å². The van der Waals surface area contributed by atoms with Crippen molar-refractivity contribution in [2.45, 2.75) is 69.7 Å². The molecule has 1 aromatic carbocycles. The molecule has 0 radical (unpaired) electrons. The van der Waals surface area contributed by atoms with Crippen LogP contribution in [0, 0.1) is 0 Å². The summed E-state index contributed by atoms with van der Waals surface area (Å²) in [4.78, 5) is 34.6. The lowest BCUT2D eigenvalue weighted by atomic mass is 9.93. The molecular weight excluding hydrogens is 486 g/mol. The molecule has 0 spiro atoms. The molecule has 1 saturated heterocycles. The molecule has 1 aromatic heterocycles. The van der Waals surface area contributed by atoms with Gasteiger partial charge in [-0.3, -0.25) is 9.59 Å². The number of fused-ring (bicyclic) bond motifs is 1. The lowest BCUT2D eigenvalue weighted by Crippen LogP contribution is -2.56. The van der Waals surface area contributed by atoms with Gasteiger partial charge in [0.1, 0.15) is 17.6 Å². The van der Waals surface area contributed by atoms with Gasteiger partial charge in [-0.25, -0.2) is 4.98 Å². The van der Waals surface area contributed by atoms with Crippen molar-refractivity contribution in [2.75, 3.05) is 42.5 Å². The van der Waals surface area contributed by atoms with Crippen LogP contribution in [0.25, 0.3) is 0 Å². The molecule has 10 nitrogen and oxygen atoms in total. The molecule has 1 atom stereocenters. The van der Waals surface area contributed by atoms with Crippen molar-refractivity contribution in [3.05, 3.63) is 35.9 Å². The molecule has 3 N–H and O–H groups in total. The summed E-state index contributed by atoms with van der Waals surface area (Å²) in [7, 11) is 3.36. The van der Waals surface area contributed by atoms with E-state index < -0.39 is 0 Å². The average molecular weight is 524 g/mol. The van der Waals surface area contributed by atoms with E-state index >= 15 is 0 Å². The predicted molar refractivity (Wildman–Crippen MR) is 145 cm³/mol. The van der Waals surface area contributed by atoms with Gasteiger partial charge in [0.2, 0.25) is 5.91 Å². The zero-order valence-corrected chi connectivity index (χ0v) is 22.3. The molecule has 5 rings (SSSR count). The molecule has 2 aromatic rings. The fourth-order valence-electron chi connectivity index (χ4n) is 5.68. The van der Waals surface area contributed by atoms with Crippen LogP contribution in [0.5, 0.6) is 5.75 Å². The molecular formula is C28H37N5O5. The number of amides is 2. The van der Waals surface area contributed by atoms with E-state index in [9.17, 15) is 14.7 Å². The van der Waals surface area contributed by atoms with Crippen LogP contribution in [0.1, 0.15) is 55.8 Å². The third-order valence-electron chi connectivity index (χ3n) is 7.91. The number of aliphatic hydroxyl groups is 1. The number of hydrogen-bond acceptors (Lipinski definition) is 8. The van der Waals surface area contributed by atoms with Gasteiger partial charge >= 0.3 is 0 Å². The fourth-order valence-corrected chi connectivity index (χ4v) is 5.68. The Morgan fingerprint density at radius 2 is 1.84 bits per heavy atom. The van der Waals surface area contributed by atoms with E-state index in [1.807, 2.05) is 25.1 Å². The summed E-state index contributed by atoms with van der Waals surface area (Å²) in [6, 6.07) is 8.98. The minimum absolute atomic E-state index is 0.0476. The highest BCUT2D eigenvalue weighted by molar-refractivity contribution is 6.04. The number of benzene rings is 1. The van der Waals surface area contributed by atoms with Gasteiger partial charge in [-0.2, -0.15) is 0 Å². The van der Waals surface area contributed by atoms with Crippen molar-refractivity contribution in [2.24, 2.45) is 0 Å². The lowest BCUT2D eigenvalue weighted by molar-refractivity contribution is -0.119. The van der Waals surface area contributed by atoms with Crippen LogP contribution < -0.4 is 25.2 Å². The molecule has 2 aliphatic heterocycles. The molecule has 3 heterocycles. The maximum Gasteiger partial charge on any atom is 0.251 e. The van der Waals surface area contributed by atoms with Gasteiger partial charge < -0.3 is 35.0 Å². The largest absolute Gasteiger partial charge is 0.495 e. The fraction of sp³-hybridized carbons (Fsp3) is 0.536. The Labute approximate surface area is 223 Å². The van der Waals surface area contributed by atoms with Gasteiger partial charge in [0, 0.05) is 37.9 Å². The third kappa shape index (κ3) is 5.28. The maximum atomic E-state index is 13.0. The minimum Gasteiger partial charge on any atom is -0.495 e. The molecule has 0 bridgehead atoms. The Bertz CT molecular complexity index is 1180. The number of nitrogens with zero attached hydrogens (tertiary/aromatic N) is 3. The van der Waals surface area contributed by atoms with Crippen molar-refractivity contribution in [1.82, 2.24) is 10.3 Å². The SMILES string of the molecule is COc1cc(C(=O)NC2CCC(O)CC2)ccc1Nc1ccc2c(n1)N(C1CCOCC1)[C@H](C)C(=O)N2C. The number of hydrogen-bond donors (Lipinski definition) is 3. The van der Waals surface area contributed by atoms with Gasteiger partial charge in [-0.15, -0.1) is 0 Å².